The van der Waals surface area contributed by atoms with E-state index in [2.05, 4.69) is 15.0 Å². The van der Waals surface area contributed by atoms with Crippen LogP contribution in [0.4, 0.5) is 5.95 Å². The largest absolute Gasteiger partial charge is 0.585 e. The van der Waals surface area contributed by atoms with Crippen molar-refractivity contribution in [2.45, 2.75) is 36.7 Å². The number of aliphatic hydroxyl groups excluding tert-OH is 1. The number of rotatable bonds is 8. The van der Waals surface area contributed by atoms with E-state index in [9.17, 15) is 24.7 Å². The van der Waals surface area contributed by atoms with Crippen LogP contribution in [0.3, 0.4) is 0 Å². The standard InChI is InChI=1S/C18H24N7O8PS/c1-18(29)11(26)9(5-32-34(30)35-6-8-14(27)24(3)17(28)23(8)2)33-15(18)25-7-20-10-12(25)21-16(19)22-13(10)31-4/h7,9,11,15,26,29H,5-6H2,1-4H3,(H2-,19,21,22,27)/p+1. The maximum absolute atomic E-state index is 12.4. The van der Waals surface area contributed by atoms with Crippen molar-refractivity contribution in [2.75, 3.05) is 19.5 Å². The lowest BCUT2D eigenvalue weighted by atomic mass is 9.96. The minimum atomic E-state index is -2.31. The molecule has 1 aliphatic rings. The van der Waals surface area contributed by atoms with Gasteiger partial charge < -0.3 is 30.5 Å². The Morgan fingerprint density at radius 1 is 1.34 bits per heavy atom. The second-order valence-corrected chi connectivity index (χ2v) is 11.0. The molecular weight excluding hydrogens is 505 g/mol. The number of hydrogen-bond acceptors (Lipinski definition) is 13. The van der Waals surface area contributed by atoms with E-state index in [0.717, 1.165) is 15.9 Å². The van der Waals surface area contributed by atoms with Crippen LogP contribution in [0.1, 0.15) is 18.8 Å². The van der Waals surface area contributed by atoms with Crippen LogP contribution in [0.2, 0.25) is 0 Å². The van der Waals surface area contributed by atoms with Gasteiger partial charge in [-0.1, -0.05) is 0 Å². The summed E-state index contributed by atoms with van der Waals surface area (Å²) in [5.74, 6) is -0.118. The highest BCUT2D eigenvalue weighted by molar-refractivity contribution is 8.49. The SMILES string of the molecule is COc1nc(N)nc2c1ncn2C1OC(CO[P+](=O)SCc2c(O)n(C)c(=O)n2C)C(O)C1(C)O. The molecular formula is C18H25N7O8PS+. The topological polar surface area (TPSA) is 202 Å². The molecule has 3 aromatic heterocycles. The fourth-order valence-corrected chi connectivity index (χ4v) is 5.80. The fourth-order valence-electron chi connectivity index (χ4n) is 3.82. The molecule has 190 valence electrons. The van der Waals surface area contributed by atoms with E-state index in [0.29, 0.717) is 5.69 Å². The molecule has 15 nitrogen and oxygen atoms in total. The van der Waals surface area contributed by atoms with Gasteiger partial charge in [-0.3, -0.25) is 13.7 Å². The van der Waals surface area contributed by atoms with E-state index in [1.54, 1.807) is 0 Å². The predicted molar refractivity (Wildman–Crippen MR) is 124 cm³/mol. The molecule has 0 saturated carbocycles. The molecule has 35 heavy (non-hydrogen) atoms. The number of imidazole rings is 2. The van der Waals surface area contributed by atoms with Crippen molar-refractivity contribution in [2.24, 2.45) is 14.1 Å². The molecule has 1 aliphatic heterocycles. The van der Waals surface area contributed by atoms with Crippen LogP contribution in [0.25, 0.3) is 11.2 Å². The molecule has 0 aromatic carbocycles. The van der Waals surface area contributed by atoms with Crippen molar-refractivity contribution in [3.8, 4) is 11.8 Å². The molecule has 4 rings (SSSR count). The van der Waals surface area contributed by atoms with Crippen LogP contribution in [0.15, 0.2) is 11.1 Å². The maximum Gasteiger partial charge on any atom is 0.585 e. The Morgan fingerprint density at radius 2 is 2.06 bits per heavy atom. The highest BCUT2D eigenvalue weighted by atomic mass is 32.7. The van der Waals surface area contributed by atoms with Crippen LogP contribution in [0.5, 0.6) is 11.8 Å². The quantitative estimate of drug-likeness (QED) is 0.279. The van der Waals surface area contributed by atoms with Gasteiger partial charge in [0.25, 0.3) is 0 Å². The smallest absolute Gasteiger partial charge is 0.493 e. The first-order chi connectivity index (χ1) is 16.5. The second kappa shape index (κ2) is 9.37. The first-order valence-corrected chi connectivity index (χ1v) is 13.0. The lowest BCUT2D eigenvalue weighted by molar-refractivity contribution is -0.0946. The zero-order chi connectivity index (χ0) is 25.7. The third-order valence-electron chi connectivity index (χ3n) is 5.81. The van der Waals surface area contributed by atoms with E-state index in [-0.39, 0.29) is 41.2 Å². The summed E-state index contributed by atoms with van der Waals surface area (Å²) in [6, 6.07) is 0. The number of aromatic hydroxyl groups is 1. The average Bonchev–Trinajstić information content (AvgIpc) is 3.39. The average molecular weight is 530 g/mol. The molecule has 0 bridgehead atoms. The van der Waals surface area contributed by atoms with E-state index < -0.39 is 37.0 Å². The summed E-state index contributed by atoms with van der Waals surface area (Å²) in [6.45, 7) is 1.08. The van der Waals surface area contributed by atoms with Gasteiger partial charge in [-0.05, 0) is 11.5 Å². The zero-order valence-electron chi connectivity index (χ0n) is 19.2. The van der Waals surface area contributed by atoms with Gasteiger partial charge in [0.15, 0.2) is 28.8 Å². The highest BCUT2D eigenvalue weighted by Gasteiger charge is 2.54. The summed E-state index contributed by atoms with van der Waals surface area (Å²) in [5, 5.41) is 31.7. The van der Waals surface area contributed by atoms with Crippen molar-refractivity contribution < 1.29 is 33.9 Å². The lowest BCUT2D eigenvalue weighted by Gasteiger charge is -2.27. The van der Waals surface area contributed by atoms with E-state index in [1.807, 2.05) is 0 Å². The number of nitrogen functional groups attached to an aromatic ring is 1. The minimum Gasteiger partial charge on any atom is -0.493 e. The number of aromatic nitrogens is 6. The fraction of sp³-hybridized carbons (Fsp3) is 0.556. The van der Waals surface area contributed by atoms with E-state index >= 15 is 0 Å². The third-order valence-corrected chi connectivity index (χ3v) is 8.12. The summed E-state index contributed by atoms with van der Waals surface area (Å²) in [4.78, 5) is 24.2. The van der Waals surface area contributed by atoms with Gasteiger partial charge in [0.2, 0.25) is 17.7 Å². The van der Waals surface area contributed by atoms with Gasteiger partial charge in [-0.2, -0.15) is 9.97 Å². The number of nitrogens with zero attached hydrogens (tertiary/aromatic N) is 6. The van der Waals surface area contributed by atoms with Crippen molar-refractivity contribution in [3.05, 3.63) is 22.5 Å². The van der Waals surface area contributed by atoms with Crippen LogP contribution in [-0.4, -0.2) is 75.5 Å². The molecule has 17 heteroatoms. The number of fused-ring (bicyclic) bond motifs is 1. The molecule has 1 fully saturated rings. The van der Waals surface area contributed by atoms with Crippen molar-refractivity contribution in [3.63, 3.8) is 0 Å². The van der Waals surface area contributed by atoms with E-state index in [4.69, 9.17) is 19.7 Å². The van der Waals surface area contributed by atoms with Gasteiger partial charge in [0.1, 0.15) is 24.4 Å². The van der Waals surface area contributed by atoms with Crippen molar-refractivity contribution in [1.82, 2.24) is 28.7 Å². The number of hydrogen-bond donors (Lipinski definition) is 4. The lowest BCUT2D eigenvalue weighted by Crippen LogP contribution is -2.44. The van der Waals surface area contributed by atoms with Gasteiger partial charge in [0, 0.05) is 14.1 Å². The number of methoxy groups -OCH3 is 1. The Morgan fingerprint density at radius 3 is 2.69 bits per heavy atom. The molecule has 5 unspecified atom stereocenters. The molecule has 0 radical (unpaired) electrons. The van der Waals surface area contributed by atoms with Crippen molar-refractivity contribution >= 4 is 35.7 Å². The summed E-state index contributed by atoms with van der Waals surface area (Å²) >= 11 is 0.865. The molecule has 0 aliphatic carbocycles. The van der Waals surface area contributed by atoms with Gasteiger partial charge in [0.05, 0.1) is 24.9 Å². The normalized spacial score (nSPS) is 24.9. The summed E-state index contributed by atoms with van der Waals surface area (Å²) in [7, 11) is 2.00. The summed E-state index contributed by atoms with van der Waals surface area (Å²) in [5.41, 5.74) is 4.34. The Hall–Kier alpha value is -2.75. The number of ether oxygens (including phenoxy) is 2. The minimum absolute atomic E-state index is 0.0476. The molecule has 3 aromatic rings. The first-order valence-electron chi connectivity index (χ1n) is 10.2. The zero-order valence-corrected chi connectivity index (χ0v) is 20.9. The molecule has 4 heterocycles. The Labute approximate surface area is 203 Å². The number of anilines is 1. The predicted octanol–water partition coefficient (Wildman–Crippen LogP) is -0.223. The van der Waals surface area contributed by atoms with Crippen LogP contribution in [-0.2, 0) is 33.7 Å². The van der Waals surface area contributed by atoms with Crippen LogP contribution >= 0.6 is 18.6 Å². The van der Waals surface area contributed by atoms with E-state index in [1.165, 1.54) is 43.6 Å². The van der Waals surface area contributed by atoms with Crippen LogP contribution in [0, 0.1) is 0 Å². The first kappa shape index (κ1) is 25.3. The Kier molecular flexibility index (Phi) is 6.78. The molecule has 5 atom stereocenters. The summed E-state index contributed by atoms with van der Waals surface area (Å²) in [6.07, 6.45) is -2.22. The highest BCUT2D eigenvalue weighted by Crippen LogP contribution is 2.45. The monoisotopic (exact) mass is 530 g/mol. The molecule has 5 N–H and O–H groups in total. The Balaban J connectivity index is 1.45. The summed E-state index contributed by atoms with van der Waals surface area (Å²) < 4.78 is 32.5. The molecule has 1 saturated heterocycles. The van der Waals surface area contributed by atoms with Crippen molar-refractivity contribution in [1.29, 1.82) is 0 Å². The molecule has 0 amide bonds. The third kappa shape index (κ3) is 4.37. The Bertz CT molecular complexity index is 1340. The van der Waals surface area contributed by atoms with Crippen LogP contribution < -0.4 is 16.2 Å². The maximum atomic E-state index is 12.4. The number of aliphatic hydroxyl groups is 2. The number of nitrogens with two attached hydrogens (primary N) is 1. The van der Waals surface area contributed by atoms with Gasteiger partial charge >= 0.3 is 12.9 Å². The second-order valence-electron chi connectivity index (χ2n) is 8.08. The molecule has 0 spiro atoms. The van der Waals surface area contributed by atoms with Gasteiger partial charge in [-0.25, -0.2) is 9.78 Å². The van der Waals surface area contributed by atoms with Gasteiger partial charge in [-0.15, -0.1) is 4.52 Å².